The Labute approximate surface area is 99.5 Å². The van der Waals surface area contributed by atoms with Crippen molar-refractivity contribution < 1.29 is 14.2 Å². The molecule has 0 aliphatic carbocycles. The second kappa shape index (κ2) is 4.78. The average Bonchev–Trinajstić information content (AvgIpc) is 2.74. The molecule has 0 amide bonds. The Morgan fingerprint density at radius 3 is 2.41 bits per heavy atom. The first-order chi connectivity index (χ1) is 8.22. The summed E-state index contributed by atoms with van der Waals surface area (Å²) >= 11 is 0. The van der Waals surface area contributed by atoms with Crippen LogP contribution >= 0.6 is 0 Å². The molecule has 0 aliphatic rings. The third-order valence-electron chi connectivity index (χ3n) is 2.27. The standard InChI is InChI=1S/C12H14N2O3/c1-14-7-6-12(13-14)17-9-4-5-10(15-2)11(8-9)16-3/h4-8H,1-3H3. The van der Waals surface area contributed by atoms with Crippen LogP contribution in [0, 0.1) is 0 Å². The van der Waals surface area contributed by atoms with Crippen molar-refractivity contribution >= 4 is 0 Å². The van der Waals surface area contributed by atoms with Gasteiger partial charge in [-0.3, -0.25) is 4.68 Å². The minimum Gasteiger partial charge on any atom is -0.493 e. The minimum atomic E-state index is 0.541. The van der Waals surface area contributed by atoms with Crippen molar-refractivity contribution in [1.29, 1.82) is 0 Å². The second-order valence-electron chi connectivity index (χ2n) is 3.45. The lowest BCUT2D eigenvalue weighted by Gasteiger charge is -2.09. The highest BCUT2D eigenvalue weighted by Crippen LogP contribution is 2.32. The first kappa shape index (κ1) is 11.3. The molecule has 5 nitrogen and oxygen atoms in total. The highest BCUT2D eigenvalue weighted by Gasteiger charge is 2.06. The van der Waals surface area contributed by atoms with E-state index < -0.39 is 0 Å². The van der Waals surface area contributed by atoms with Crippen molar-refractivity contribution in [2.45, 2.75) is 0 Å². The number of nitrogens with zero attached hydrogens (tertiary/aromatic N) is 2. The molecule has 0 N–H and O–H groups in total. The van der Waals surface area contributed by atoms with Gasteiger partial charge in [-0.15, -0.1) is 5.10 Å². The van der Waals surface area contributed by atoms with Gasteiger partial charge in [0.15, 0.2) is 11.5 Å². The molecule has 0 aliphatic heterocycles. The van der Waals surface area contributed by atoms with E-state index in [-0.39, 0.29) is 0 Å². The van der Waals surface area contributed by atoms with E-state index >= 15 is 0 Å². The first-order valence-electron chi connectivity index (χ1n) is 5.12. The van der Waals surface area contributed by atoms with E-state index in [2.05, 4.69) is 5.10 Å². The van der Waals surface area contributed by atoms with Crippen LogP contribution in [-0.4, -0.2) is 24.0 Å². The number of ether oxygens (including phenoxy) is 3. The predicted molar refractivity (Wildman–Crippen MR) is 62.8 cm³/mol. The molecule has 0 unspecified atom stereocenters. The van der Waals surface area contributed by atoms with Crippen molar-refractivity contribution in [3.63, 3.8) is 0 Å². The Bertz CT molecular complexity index is 508. The molecule has 2 rings (SSSR count). The zero-order valence-electron chi connectivity index (χ0n) is 10.0. The molecule has 0 bridgehead atoms. The number of rotatable bonds is 4. The number of aryl methyl sites for hydroxylation is 1. The summed E-state index contributed by atoms with van der Waals surface area (Å²) in [7, 11) is 5.01. The Kier molecular flexibility index (Phi) is 3.18. The molecule has 0 saturated carbocycles. The zero-order valence-corrected chi connectivity index (χ0v) is 10.0. The smallest absolute Gasteiger partial charge is 0.238 e. The van der Waals surface area contributed by atoms with Gasteiger partial charge in [0.2, 0.25) is 5.88 Å². The molecule has 0 radical (unpaired) electrons. The molecular formula is C12H14N2O3. The maximum absolute atomic E-state index is 5.57. The summed E-state index contributed by atoms with van der Waals surface area (Å²) < 4.78 is 17.6. The van der Waals surface area contributed by atoms with Gasteiger partial charge in [0, 0.05) is 25.4 Å². The molecule has 17 heavy (non-hydrogen) atoms. The summed E-state index contributed by atoms with van der Waals surface area (Å²) in [5.41, 5.74) is 0. The normalized spacial score (nSPS) is 10.1. The predicted octanol–water partition coefficient (Wildman–Crippen LogP) is 2.23. The van der Waals surface area contributed by atoms with Gasteiger partial charge in [0.05, 0.1) is 14.2 Å². The minimum absolute atomic E-state index is 0.541. The number of aromatic nitrogens is 2. The van der Waals surface area contributed by atoms with Gasteiger partial charge in [0.1, 0.15) is 5.75 Å². The van der Waals surface area contributed by atoms with Crippen LogP contribution in [0.15, 0.2) is 30.5 Å². The molecule has 1 aromatic carbocycles. The third kappa shape index (κ3) is 2.50. The molecule has 1 aromatic heterocycles. The first-order valence-corrected chi connectivity index (χ1v) is 5.12. The van der Waals surface area contributed by atoms with E-state index in [9.17, 15) is 0 Å². The molecule has 0 atom stereocenters. The molecular weight excluding hydrogens is 220 g/mol. The number of methoxy groups -OCH3 is 2. The lowest BCUT2D eigenvalue weighted by Crippen LogP contribution is -1.92. The lowest BCUT2D eigenvalue weighted by atomic mass is 10.3. The van der Waals surface area contributed by atoms with Crippen molar-refractivity contribution in [2.75, 3.05) is 14.2 Å². The van der Waals surface area contributed by atoms with Gasteiger partial charge in [-0.05, 0) is 12.1 Å². The van der Waals surface area contributed by atoms with Crippen LogP contribution in [0.4, 0.5) is 0 Å². The summed E-state index contributed by atoms with van der Waals surface area (Å²) in [4.78, 5) is 0. The highest BCUT2D eigenvalue weighted by atomic mass is 16.5. The van der Waals surface area contributed by atoms with Gasteiger partial charge >= 0.3 is 0 Å². The Morgan fingerprint density at radius 1 is 1.06 bits per heavy atom. The van der Waals surface area contributed by atoms with Crippen LogP contribution in [0.25, 0.3) is 0 Å². The maximum atomic E-state index is 5.57. The van der Waals surface area contributed by atoms with E-state index in [1.165, 1.54) is 0 Å². The quantitative estimate of drug-likeness (QED) is 0.813. The SMILES string of the molecule is COc1ccc(Oc2ccn(C)n2)cc1OC. The van der Waals surface area contributed by atoms with Gasteiger partial charge in [-0.2, -0.15) is 0 Å². The van der Waals surface area contributed by atoms with Crippen molar-refractivity contribution in [1.82, 2.24) is 9.78 Å². The van der Waals surface area contributed by atoms with Crippen LogP contribution in [0.2, 0.25) is 0 Å². The molecule has 2 aromatic rings. The lowest BCUT2D eigenvalue weighted by molar-refractivity contribution is 0.351. The Balaban J connectivity index is 2.22. The van der Waals surface area contributed by atoms with Crippen LogP contribution in [0.3, 0.4) is 0 Å². The zero-order chi connectivity index (χ0) is 12.3. The number of hydrogen-bond acceptors (Lipinski definition) is 4. The molecule has 1 heterocycles. The molecule has 0 fully saturated rings. The van der Waals surface area contributed by atoms with E-state index in [0.29, 0.717) is 23.1 Å². The fourth-order valence-electron chi connectivity index (χ4n) is 1.45. The van der Waals surface area contributed by atoms with Gasteiger partial charge in [-0.25, -0.2) is 0 Å². The van der Waals surface area contributed by atoms with Crippen molar-refractivity contribution in [3.05, 3.63) is 30.5 Å². The van der Waals surface area contributed by atoms with E-state index in [4.69, 9.17) is 14.2 Å². The summed E-state index contributed by atoms with van der Waals surface area (Å²) in [5.74, 6) is 2.49. The maximum Gasteiger partial charge on any atom is 0.238 e. The summed E-state index contributed by atoms with van der Waals surface area (Å²) in [6.07, 6.45) is 1.82. The van der Waals surface area contributed by atoms with E-state index in [0.717, 1.165) is 0 Å². The van der Waals surface area contributed by atoms with E-state index in [1.54, 1.807) is 43.2 Å². The Hall–Kier alpha value is -2.17. The topological polar surface area (TPSA) is 45.5 Å². The summed E-state index contributed by atoms with van der Waals surface area (Å²) in [5, 5.41) is 4.13. The molecule has 0 spiro atoms. The number of hydrogen-bond donors (Lipinski definition) is 0. The average molecular weight is 234 g/mol. The number of benzene rings is 1. The van der Waals surface area contributed by atoms with Crippen molar-refractivity contribution in [3.8, 4) is 23.1 Å². The fourth-order valence-corrected chi connectivity index (χ4v) is 1.45. The highest BCUT2D eigenvalue weighted by molar-refractivity contribution is 5.46. The van der Waals surface area contributed by atoms with Crippen LogP contribution in [0.1, 0.15) is 0 Å². The van der Waals surface area contributed by atoms with Gasteiger partial charge in [-0.1, -0.05) is 0 Å². The molecule has 90 valence electrons. The monoisotopic (exact) mass is 234 g/mol. The van der Waals surface area contributed by atoms with Crippen molar-refractivity contribution in [2.24, 2.45) is 7.05 Å². The third-order valence-corrected chi connectivity index (χ3v) is 2.27. The molecule has 5 heteroatoms. The second-order valence-corrected chi connectivity index (χ2v) is 3.45. The van der Waals surface area contributed by atoms with Crippen LogP contribution in [-0.2, 0) is 7.05 Å². The van der Waals surface area contributed by atoms with Gasteiger partial charge in [0.25, 0.3) is 0 Å². The summed E-state index contributed by atoms with van der Waals surface area (Å²) in [6.45, 7) is 0. The van der Waals surface area contributed by atoms with Gasteiger partial charge < -0.3 is 14.2 Å². The fraction of sp³-hybridized carbons (Fsp3) is 0.250. The molecule has 0 saturated heterocycles. The van der Waals surface area contributed by atoms with Crippen LogP contribution < -0.4 is 14.2 Å². The van der Waals surface area contributed by atoms with Crippen LogP contribution in [0.5, 0.6) is 23.1 Å². The largest absolute Gasteiger partial charge is 0.493 e. The Morgan fingerprint density at radius 2 is 1.82 bits per heavy atom. The summed E-state index contributed by atoms with van der Waals surface area (Å²) in [6, 6.07) is 7.14. The van der Waals surface area contributed by atoms with E-state index in [1.807, 2.05) is 13.2 Å².